The smallest absolute Gasteiger partial charge is 0.222 e. The number of nitrogens with zero attached hydrogens (tertiary/aromatic N) is 3. The molecule has 2 saturated heterocycles. The van der Waals surface area contributed by atoms with Crippen molar-refractivity contribution in [3.63, 3.8) is 0 Å². The topological polar surface area (TPSA) is 52.2 Å². The van der Waals surface area contributed by atoms with Crippen molar-refractivity contribution in [2.24, 2.45) is 5.92 Å². The Morgan fingerprint density at radius 3 is 2.93 bits per heavy atom. The molecular formula is C22H28N4O. The van der Waals surface area contributed by atoms with Gasteiger partial charge in [0.15, 0.2) is 0 Å². The summed E-state index contributed by atoms with van der Waals surface area (Å²) in [5.74, 6) is 0.927. The molecule has 2 aromatic rings. The van der Waals surface area contributed by atoms with Gasteiger partial charge in [0.1, 0.15) is 0 Å². The number of H-pyrrole nitrogens is 1. The van der Waals surface area contributed by atoms with Crippen molar-refractivity contribution >= 4 is 12.0 Å². The second kappa shape index (κ2) is 8.53. The average Bonchev–Trinajstić information content (AvgIpc) is 3.22. The first-order valence-corrected chi connectivity index (χ1v) is 10.0. The van der Waals surface area contributed by atoms with Crippen LogP contribution in [0.2, 0.25) is 0 Å². The van der Waals surface area contributed by atoms with Gasteiger partial charge in [0, 0.05) is 57.0 Å². The van der Waals surface area contributed by atoms with Crippen LogP contribution in [0.25, 0.3) is 6.08 Å². The third kappa shape index (κ3) is 4.48. The molecule has 1 amide bonds. The van der Waals surface area contributed by atoms with Gasteiger partial charge in [0.25, 0.3) is 0 Å². The van der Waals surface area contributed by atoms with E-state index >= 15 is 0 Å². The number of carbonyl (C=O) groups excluding carboxylic acids is 1. The van der Waals surface area contributed by atoms with Gasteiger partial charge in [-0.25, -0.2) is 4.98 Å². The normalized spacial score (nSPS) is 23.7. The quantitative estimate of drug-likeness (QED) is 0.857. The molecular weight excluding hydrogens is 336 g/mol. The third-order valence-electron chi connectivity index (χ3n) is 5.88. The number of piperidine rings is 2. The lowest BCUT2D eigenvalue weighted by atomic mass is 9.83. The predicted octanol–water partition coefficient (Wildman–Crippen LogP) is 2.98. The van der Waals surface area contributed by atoms with Crippen molar-refractivity contribution in [3.05, 3.63) is 60.2 Å². The lowest BCUT2D eigenvalue weighted by molar-refractivity contribution is -0.140. The molecule has 0 unspecified atom stereocenters. The Morgan fingerprint density at radius 2 is 2.11 bits per heavy atom. The lowest BCUT2D eigenvalue weighted by Gasteiger charge is -2.47. The first-order chi connectivity index (χ1) is 13.3. The molecule has 2 aliphatic heterocycles. The minimum Gasteiger partial charge on any atom is -0.348 e. The second-order valence-electron chi connectivity index (χ2n) is 7.64. The molecule has 5 heteroatoms. The molecule has 1 aromatic carbocycles. The van der Waals surface area contributed by atoms with Crippen molar-refractivity contribution in [2.45, 2.75) is 31.7 Å². The van der Waals surface area contributed by atoms with Gasteiger partial charge in [0.2, 0.25) is 5.91 Å². The van der Waals surface area contributed by atoms with Crippen molar-refractivity contribution < 1.29 is 4.79 Å². The second-order valence-corrected chi connectivity index (χ2v) is 7.64. The van der Waals surface area contributed by atoms with Crippen LogP contribution in [0.5, 0.6) is 0 Å². The van der Waals surface area contributed by atoms with Crippen LogP contribution >= 0.6 is 0 Å². The summed E-state index contributed by atoms with van der Waals surface area (Å²) in [5, 5.41) is 0. The molecule has 0 radical (unpaired) electrons. The van der Waals surface area contributed by atoms with E-state index in [1.54, 1.807) is 6.33 Å². The molecule has 0 bridgehead atoms. The van der Waals surface area contributed by atoms with Crippen molar-refractivity contribution in [2.75, 3.05) is 26.2 Å². The van der Waals surface area contributed by atoms with E-state index in [0.717, 1.165) is 51.1 Å². The zero-order chi connectivity index (χ0) is 18.5. The van der Waals surface area contributed by atoms with Crippen LogP contribution in [0.1, 0.15) is 30.5 Å². The van der Waals surface area contributed by atoms with Gasteiger partial charge in [-0.05, 0) is 24.3 Å². The summed E-state index contributed by atoms with van der Waals surface area (Å²) in [5.41, 5.74) is 2.36. The zero-order valence-electron chi connectivity index (χ0n) is 15.8. The van der Waals surface area contributed by atoms with Gasteiger partial charge in [-0.15, -0.1) is 0 Å². The van der Waals surface area contributed by atoms with E-state index in [0.29, 0.717) is 24.3 Å². The number of likely N-dealkylation sites (tertiary alicyclic amines) is 2. The van der Waals surface area contributed by atoms with Crippen LogP contribution in [0.3, 0.4) is 0 Å². The van der Waals surface area contributed by atoms with E-state index in [-0.39, 0.29) is 0 Å². The molecule has 2 atom stereocenters. The Kier molecular flexibility index (Phi) is 5.68. The Hall–Kier alpha value is -2.40. The van der Waals surface area contributed by atoms with Crippen molar-refractivity contribution in [1.29, 1.82) is 0 Å². The third-order valence-corrected chi connectivity index (χ3v) is 5.88. The van der Waals surface area contributed by atoms with E-state index in [4.69, 9.17) is 0 Å². The number of benzene rings is 1. The number of amides is 1. The fraction of sp³-hybridized carbons (Fsp3) is 0.455. The van der Waals surface area contributed by atoms with Crippen LogP contribution in [0.15, 0.2) is 48.9 Å². The fourth-order valence-electron chi connectivity index (χ4n) is 4.45. The van der Waals surface area contributed by atoms with E-state index < -0.39 is 0 Å². The molecule has 5 nitrogen and oxygen atoms in total. The van der Waals surface area contributed by atoms with Crippen LogP contribution in [-0.2, 0) is 11.2 Å². The number of hydrogen-bond donors (Lipinski definition) is 1. The first-order valence-electron chi connectivity index (χ1n) is 10.0. The summed E-state index contributed by atoms with van der Waals surface area (Å²) in [6.45, 7) is 3.95. The number of rotatable bonds is 6. The highest BCUT2D eigenvalue weighted by atomic mass is 16.2. The van der Waals surface area contributed by atoms with Crippen molar-refractivity contribution in [1.82, 2.24) is 19.8 Å². The van der Waals surface area contributed by atoms with E-state index in [1.165, 1.54) is 5.56 Å². The Bertz CT molecular complexity index is 756. The monoisotopic (exact) mass is 364 g/mol. The van der Waals surface area contributed by atoms with Crippen molar-refractivity contribution in [3.8, 4) is 0 Å². The maximum atomic E-state index is 12.5. The molecule has 0 spiro atoms. The molecule has 27 heavy (non-hydrogen) atoms. The van der Waals surface area contributed by atoms with E-state index in [1.807, 2.05) is 12.3 Å². The van der Waals surface area contributed by atoms with E-state index in [9.17, 15) is 4.79 Å². The molecule has 4 rings (SSSR count). The molecule has 2 fully saturated rings. The number of nitrogens with one attached hydrogen (secondary N) is 1. The highest BCUT2D eigenvalue weighted by Crippen LogP contribution is 2.31. The standard InChI is InChI=1S/C22H28N4O/c27-22-9-8-19-16-25(12-4-7-18-5-2-1-3-6-18)13-11-21(19)26(22)14-10-20-15-23-17-24-20/h1-7,15,17,19,21H,8-14,16H2,(H,23,24)/b7-4+/t19-,21+/m1/s1. The Morgan fingerprint density at radius 1 is 1.22 bits per heavy atom. The highest BCUT2D eigenvalue weighted by molar-refractivity contribution is 5.77. The SMILES string of the molecule is O=C1CC[C@@H]2CN(C/C=C/c3ccccc3)CC[C@@H]2N1CCc1cnc[nH]1. The molecule has 0 aliphatic carbocycles. The number of aromatic nitrogens is 2. The summed E-state index contributed by atoms with van der Waals surface area (Å²) >= 11 is 0. The number of aromatic amines is 1. The summed E-state index contributed by atoms with van der Waals surface area (Å²) in [7, 11) is 0. The van der Waals surface area contributed by atoms with Crippen LogP contribution in [0, 0.1) is 5.92 Å². The molecule has 3 heterocycles. The molecule has 2 aliphatic rings. The summed E-state index contributed by atoms with van der Waals surface area (Å²) in [6.07, 6.45) is 11.7. The summed E-state index contributed by atoms with van der Waals surface area (Å²) in [4.78, 5) is 24.4. The first kappa shape index (κ1) is 18.0. The number of hydrogen-bond acceptors (Lipinski definition) is 3. The van der Waals surface area contributed by atoms with Gasteiger partial charge in [-0.2, -0.15) is 0 Å². The van der Waals surface area contributed by atoms with Gasteiger partial charge < -0.3 is 9.88 Å². The van der Waals surface area contributed by atoms with Crippen LogP contribution in [0.4, 0.5) is 0 Å². The highest BCUT2D eigenvalue weighted by Gasteiger charge is 2.38. The average molecular weight is 364 g/mol. The minimum absolute atomic E-state index is 0.327. The lowest BCUT2D eigenvalue weighted by Crippen LogP contribution is -2.56. The number of carbonyl (C=O) groups is 1. The molecule has 1 aromatic heterocycles. The molecule has 1 N–H and O–H groups in total. The van der Waals surface area contributed by atoms with Crippen LogP contribution in [-0.4, -0.2) is 57.9 Å². The molecule has 142 valence electrons. The maximum Gasteiger partial charge on any atom is 0.222 e. The molecule has 0 saturated carbocycles. The summed E-state index contributed by atoms with van der Waals surface area (Å²) in [6, 6.07) is 10.9. The minimum atomic E-state index is 0.327. The largest absolute Gasteiger partial charge is 0.348 e. The number of fused-ring (bicyclic) bond motifs is 1. The predicted molar refractivity (Wildman–Crippen MR) is 107 cm³/mol. The number of imidazole rings is 1. The van der Waals surface area contributed by atoms with Gasteiger partial charge in [-0.1, -0.05) is 42.5 Å². The zero-order valence-corrected chi connectivity index (χ0v) is 15.8. The van der Waals surface area contributed by atoms with E-state index in [2.05, 4.69) is 56.2 Å². The van der Waals surface area contributed by atoms with Gasteiger partial charge in [0.05, 0.1) is 6.33 Å². The van der Waals surface area contributed by atoms with Crippen LogP contribution < -0.4 is 0 Å². The fourth-order valence-corrected chi connectivity index (χ4v) is 4.45. The Labute approximate surface area is 161 Å². The summed E-state index contributed by atoms with van der Waals surface area (Å²) < 4.78 is 0. The Balaban J connectivity index is 1.31. The van der Waals surface area contributed by atoms with Gasteiger partial charge >= 0.3 is 0 Å². The van der Waals surface area contributed by atoms with Gasteiger partial charge in [-0.3, -0.25) is 9.69 Å². The maximum absolute atomic E-state index is 12.5.